The number of halogens is 1. The normalized spacial score (nSPS) is 22.2. The lowest BCUT2D eigenvalue weighted by atomic mass is 9.90. The van der Waals surface area contributed by atoms with E-state index in [1.54, 1.807) is 12.1 Å². The predicted molar refractivity (Wildman–Crippen MR) is 126 cm³/mol. The van der Waals surface area contributed by atoms with Crippen LogP contribution < -0.4 is 4.74 Å². The van der Waals surface area contributed by atoms with E-state index < -0.39 is 5.82 Å². The number of fused-ring (bicyclic) bond motifs is 2. The van der Waals surface area contributed by atoms with Crippen LogP contribution in [0.25, 0.3) is 0 Å². The van der Waals surface area contributed by atoms with Gasteiger partial charge in [-0.1, -0.05) is 24.6 Å². The van der Waals surface area contributed by atoms with Gasteiger partial charge in [-0.15, -0.1) is 0 Å². The molecular weight excluding hydrogens is 419 g/mol. The van der Waals surface area contributed by atoms with E-state index in [-0.39, 0.29) is 24.0 Å². The molecule has 4 rings (SSSR count). The molecule has 2 atom stereocenters. The van der Waals surface area contributed by atoms with Crippen molar-refractivity contribution < 1.29 is 18.7 Å². The molecule has 1 aliphatic carbocycles. The average Bonchev–Trinajstić information content (AvgIpc) is 2.84. The lowest BCUT2D eigenvalue weighted by molar-refractivity contribution is 0.0272. The standard InChI is InChI=1S/C27H33FN2O3/c1-2-29-17-8-3-9-18-30(26(31)20-11-10-12-21(28)19-20)23-14-5-7-16-25(23)33-24-15-6-4-13-22(24)27(29)32/h4,6,10-13,15,19,23,25H,2-3,5,7-9,14,16-18H2,1H3/t23-,25+/m1/s1. The zero-order valence-electron chi connectivity index (χ0n) is 19.3. The lowest BCUT2D eigenvalue weighted by Gasteiger charge is -2.40. The van der Waals surface area contributed by atoms with Gasteiger partial charge in [0.05, 0.1) is 11.6 Å². The minimum atomic E-state index is -0.407. The molecule has 176 valence electrons. The van der Waals surface area contributed by atoms with Crippen LogP contribution in [0.2, 0.25) is 0 Å². The molecule has 1 fully saturated rings. The summed E-state index contributed by atoms with van der Waals surface area (Å²) >= 11 is 0. The lowest BCUT2D eigenvalue weighted by Crippen LogP contribution is -2.51. The molecule has 2 aromatic rings. The summed E-state index contributed by atoms with van der Waals surface area (Å²) in [6.07, 6.45) is 6.10. The maximum Gasteiger partial charge on any atom is 0.257 e. The van der Waals surface area contributed by atoms with Gasteiger partial charge in [0.1, 0.15) is 17.7 Å². The monoisotopic (exact) mass is 452 g/mol. The molecule has 0 saturated heterocycles. The van der Waals surface area contributed by atoms with E-state index in [1.165, 1.54) is 12.1 Å². The van der Waals surface area contributed by atoms with Crippen LogP contribution in [-0.4, -0.2) is 53.4 Å². The zero-order chi connectivity index (χ0) is 23.2. The summed E-state index contributed by atoms with van der Waals surface area (Å²) in [5.74, 6) is 0.0160. The maximum absolute atomic E-state index is 13.9. The zero-order valence-corrected chi connectivity index (χ0v) is 19.3. The third-order valence-corrected chi connectivity index (χ3v) is 6.79. The Kier molecular flexibility index (Phi) is 7.63. The molecule has 6 heteroatoms. The fraction of sp³-hybridized carbons (Fsp3) is 0.481. The maximum atomic E-state index is 13.9. The molecule has 2 aliphatic rings. The van der Waals surface area contributed by atoms with Crippen molar-refractivity contribution in [3.63, 3.8) is 0 Å². The molecule has 0 radical (unpaired) electrons. The van der Waals surface area contributed by atoms with Crippen molar-refractivity contribution >= 4 is 11.8 Å². The number of carbonyl (C=O) groups excluding carboxylic acids is 2. The predicted octanol–water partition coefficient (Wildman–Crippen LogP) is 5.30. The quantitative estimate of drug-likeness (QED) is 0.621. The van der Waals surface area contributed by atoms with E-state index in [4.69, 9.17) is 4.74 Å². The Balaban J connectivity index is 1.69. The van der Waals surface area contributed by atoms with Crippen LogP contribution in [0.15, 0.2) is 48.5 Å². The van der Waals surface area contributed by atoms with Gasteiger partial charge in [-0.3, -0.25) is 9.59 Å². The van der Waals surface area contributed by atoms with Gasteiger partial charge in [-0.05, 0) is 75.8 Å². The molecule has 0 bridgehead atoms. The Bertz CT molecular complexity index is 979. The van der Waals surface area contributed by atoms with Gasteiger partial charge < -0.3 is 14.5 Å². The van der Waals surface area contributed by atoms with Gasteiger partial charge >= 0.3 is 0 Å². The molecule has 1 aliphatic heterocycles. The highest BCUT2D eigenvalue weighted by Crippen LogP contribution is 2.31. The molecule has 1 heterocycles. The van der Waals surface area contributed by atoms with E-state index in [2.05, 4.69) is 0 Å². The minimum Gasteiger partial charge on any atom is -0.487 e. The number of nitrogens with zero attached hydrogens (tertiary/aromatic N) is 2. The Morgan fingerprint density at radius 1 is 1.00 bits per heavy atom. The van der Waals surface area contributed by atoms with Crippen LogP contribution in [0.3, 0.4) is 0 Å². The third-order valence-electron chi connectivity index (χ3n) is 6.79. The number of carbonyl (C=O) groups is 2. The fourth-order valence-corrected chi connectivity index (χ4v) is 5.02. The fourth-order valence-electron chi connectivity index (χ4n) is 5.02. The first-order chi connectivity index (χ1) is 16.1. The third kappa shape index (κ3) is 5.37. The summed E-state index contributed by atoms with van der Waals surface area (Å²) in [6.45, 7) is 3.91. The van der Waals surface area contributed by atoms with Crippen molar-refractivity contribution in [2.24, 2.45) is 0 Å². The Morgan fingerprint density at radius 2 is 1.79 bits per heavy atom. The number of hydrogen-bond donors (Lipinski definition) is 0. The molecule has 33 heavy (non-hydrogen) atoms. The van der Waals surface area contributed by atoms with Gasteiger partial charge in [-0.25, -0.2) is 4.39 Å². The smallest absolute Gasteiger partial charge is 0.257 e. The van der Waals surface area contributed by atoms with Crippen LogP contribution in [-0.2, 0) is 0 Å². The van der Waals surface area contributed by atoms with Crippen LogP contribution in [0.5, 0.6) is 5.75 Å². The molecule has 2 amide bonds. The molecule has 5 nitrogen and oxygen atoms in total. The second kappa shape index (κ2) is 10.8. The number of benzene rings is 2. The first kappa shape index (κ1) is 23.3. The van der Waals surface area contributed by atoms with E-state index >= 15 is 0 Å². The average molecular weight is 453 g/mol. The van der Waals surface area contributed by atoms with E-state index in [9.17, 15) is 14.0 Å². The van der Waals surface area contributed by atoms with Crippen LogP contribution in [0, 0.1) is 5.82 Å². The second-order valence-corrected chi connectivity index (χ2v) is 8.96. The van der Waals surface area contributed by atoms with Gasteiger partial charge in [-0.2, -0.15) is 0 Å². The van der Waals surface area contributed by atoms with E-state index in [0.717, 1.165) is 44.9 Å². The summed E-state index contributed by atoms with van der Waals surface area (Å²) in [5.41, 5.74) is 0.947. The molecule has 1 saturated carbocycles. The van der Waals surface area contributed by atoms with Crippen molar-refractivity contribution in [2.45, 2.75) is 64.0 Å². The number of rotatable bonds is 2. The van der Waals surface area contributed by atoms with Gasteiger partial charge in [0.25, 0.3) is 11.8 Å². The molecule has 0 unspecified atom stereocenters. The second-order valence-electron chi connectivity index (χ2n) is 8.96. The number of hydrogen-bond acceptors (Lipinski definition) is 3. The van der Waals surface area contributed by atoms with Crippen LogP contribution >= 0.6 is 0 Å². The molecular formula is C27H33FN2O3. The molecule has 0 spiro atoms. The summed E-state index contributed by atoms with van der Waals surface area (Å²) in [7, 11) is 0. The Labute approximate surface area is 195 Å². The minimum absolute atomic E-state index is 0.00704. The first-order valence-electron chi connectivity index (χ1n) is 12.2. The number of amides is 2. The summed E-state index contributed by atoms with van der Waals surface area (Å²) in [4.78, 5) is 30.6. The van der Waals surface area contributed by atoms with Gasteiger partial charge in [0.2, 0.25) is 0 Å². The summed E-state index contributed by atoms with van der Waals surface area (Å²) < 4.78 is 20.4. The van der Waals surface area contributed by atoms with Crippen LogP contribution in [0.4, 0.5) is 4.39 Å². The van der Waals surface area contributed by atoms with Crippen molar-refractivity contribution in [1.29, 1.82) is 0 Å². The number of ether oxygens (including phenoxy) is 1. The molecule has 0 N–H and O–H groups in total. The van der Waals surface area contributed by atoms with Crippen molar-refractivity contribution in [3.8, 4) is 5.75 Å². The Hall–Kier alpha value is -2.89. The van der Waals surface area contributed by atoms with Gasteiger partial charge in [0, 0.05) is 25.2 Å². The largest absolute Gasteiger partial charge is 0.487 e. The van der Waals surface area contributed by atoms with E-state index in [0.29, 0.717) is 36.5 Å². The molecule has 0 aromatic heterocycles. The number of para-hydroxylation sites is 1. The van der Waals surface area contributed by atoms with E-state index in [1.807, 2.05) is 41.0 Å². The SMILES string of the molecule is CCN1CCCCCN(C(=O)c2cccc(F)c2)[C@@H]2CCCC[C@@H]2Oc2ccccc2C1=O. The van der Waals surface area contributed by atoms with Gasteiger partial charge in [0.15, 0.2) is 0 Å². The highest BCUT2D eigenvalue weighted by atomic mass is 19.1. The van der Waals surface area contributed by atoms with Crippen LogP contribution in [0.1, 0.15) is 72.6 Å². The molecule has 2 aromatic carbocycles. The topological polar surface area (TPSA) is 49.9 Å². The van der Waals surface area contributed by atoms with Crippen molar-refractivity contribution in [1.82, 2.24) is 9.80 Å². The summed E-state index contributed by atoms with van der Waals surface area (Å²) in [5, 5.41) is 0. The Morgan fingerprint density at radius 3 is 2.61 bits per heavy atom. The highest BCUT2D eigenvalue weighted by Gasteiger charge is 2.35. The first-order valence-corrected chi connectivity index (χ1v) is 12.2. The van der Waals surface area contributed by atoms with Crippen molar-refractivity contribution in [2.75, 3.05) is 19.6 Å². The highest BCUT2D eigenvalue weighted by molar-refractivity contribution is 5.97. The summed E-state index contributed by atoms with van der Waals surface area (Å²) in [6, 6.07) is 13.3. The van der Waals surface area contributed by atoms with Crippen molar-refractivity contribution in [3.05, 3.63) is 65.5 Å².